The second kappa shape index (κ2) is 15.9. The average molecular weight is 592 g/mol. The largest absolute Gasteiger partial charge is 0.493 e. The molecule has 3 aromatic carbocycles. The lowest BCUT2D eigenvalue weighted by atomic mass is 9.80. The van der Waals surface area contributed by atoms with Gasteiger partial charge >= 0.3 is 17.9 Å². The van der Waals surface area contributed by atoms with Crippen LogP contribution in [-0.4, -0.2) is 70.0 Å². The molecular formula is C34H41NO8. The Morgan fingerprint density at radius 3 is 2.00 bits per heavy atom. The molecule has 0 bridgehead atoms. The van der Waals surface area contributed by atoms with Crippen LogP contribution in [0.1, 0.15) is 56.2 Å². The zero-order chi connectivity index (χ0) is 31.3. The van der Waals surface area contributed by atoms with Gasteiger partial charge in [0.05, 0.1) is 19.4 Å². The van der Waals surface area contributed by atoms with Crippen LogP contribution in [0, 0.1) is 0 Å². The van der Waals surface area contributed by atoms with Crippen LogP contribution in [0.15, 0.2) is 84.9 Å². The van der Waals surface area contributed by atoms with E-state index in [1.165, 1.54) is 0 Å². The van der Waals surface area contributed by atoms with Gasteiger partial charge in [0, 0.05) is 17.5 Å². The third kappa shape index (κ3) is 9.14. The number of unbranched alkanes of at least 4 members (excludes halogenated alkanes) is 1. The second-order valence-corrected chi connectivity index (χ2v) is 10.5. The topological polar surface area (TPSA) is 134 Å². The lowest BCUT2D eigenvalue weighted by Gasteiger charge is -2.36. The van der Waals surface area contributed by atoms with Gasteiger partial charge in [0.2, 0.25) is 0 Å². The fourth-order valence-corrected chi connectivity index (χ4v) is 5.11. The first-order chi connectivity index (χ1) is 20.6. The minimum atomic E-state index is -2.85. The molecule has 43 heavy (non-hydrogen) atoms. The number of esters is 1. The van der Waals surface area contributed by atoms with Gasteiger partial charge in [0.1, 0.15) is 5.75 Å². The van der Waals surface area contributed by atoms with Crippen LogP contribution in [0.3, 0.4) is 0 Å². The molecule has 0 aliphatic heterocycles. The highest BCUT2D eigenvalue weighted by atomic mass is 16.6. The monoisotopic (exact) mass is 591 g/mol. The predicted octanol–water partition coefficient (Wildman–Crippen LogP) is 4.90. The number of hydrogen-bond donors (Lipinski definition) is 3. The molecule has 0 radical (unpaired) electrons. The van der Waals surface area contributed by atoms with Crippen molar-refractivity contribution < 1.29 is 39.2 Å². The summed E-state index contributed by atoms with van der Waals surface area (Å²) >= 11 is 0. The highest BCUT2D eigenvalue weighted by Gasteiger charge is 2.46. The Kier molecular flexibility index (Phi) is 12.3. The van der Waals surface area contributed by atoms with E-state index in [1.54, 1.807) is 42.5 Å². The minimum Gasteiger partial charge on any atom is -0.493 e. The number of ether oxygens (including phenoxy) is 2. The van der Waals surface area contributed by atoms with Crippen molar-refractivity contribution in [3.63, 3.8) is 0 Å². The number of benzene rings is 3. The molecule has 3 N–H and O–H groups in total. The molecule has 2 unspecified atom stereocenters. The maximum absolute atomic E-state index is 13.5. The van der Waals surface area contributed by atoms with Crippen LogP contribution in [0.2, 0.25) is 0 Å². The number of rotatable bonds is 18. The third-order valence-corrected chi connectivity index (χ3v) is 7.45. The lowest BCUT2D eigenvalue weighted by molar-refractivity contribution is -0.176. The molecule has 9 nitrogen and oxygen atoms in total. The molecule has 9 heteroatoms. The van der Waals surface area contributed by atoms with Gasteiger partial charge in [0.15, 0.2) is 11.2 Å². The fourth-order valence-electron chi connectivity index (χ4n) is 5.11. The van der Waals surface area contributed by atoms with Gasteiger partial charge in [-0.25, -0.2) is 4.79 Å². The van der Waals surface area contributed by atoms with Crippen molar-refractivity contribution in [2.45, 2.75) is 57.2 Å². The summed E-state index contributed by atoms with van der Waals surface area (Å²) in [5.74, 6) is -3.96. The number of hydrogen-bond acceptors (Lipinski definition) is 7. The van der Waals surface area contributed by atoms with Gasteiger partial charge in [-0.1, -0.05) is 92.7 Å². The molecule has 230 valence electrons. The summed E-state index contributed by atoms with van der Waals surface area (Å²) in [7, 11) is 0. The normalized spacial score (nSPS) is 14.0. The maximum Gasteiger partial charge on any atom is 0.336 e. The first-order valence-electron chi connectivity index (χ1n) is 14.6. The van der Waals surface area contributed by atoms with Crippen LogP contribution < -0.4 is 4.74 Å². The number of carbonyl (C=O) groups excluding carboxylic acids is 1. The van der Waals surface area contributed by atoms with E-state index in [9.17, 15) is 29.7 Å². The van der Waals surface area contributed by atoms with Crippen LogP contribution >= 0.6 is 0 Å². The Morgan fingerprint density at radius 2 is 1.40 bits per heavy atom. The molecule has 3 aromatic rings. The second-order valence-electron chi connectivity index (χ2n) is 10.5. The molecule has 0 aromatic heterocycles. The van der Waals surface area contributed by atoms with E-state index in [-0.39, 0.29) is 6.42 Å². The van der Waals surface area contributed by atoms with Crippen LogP contribution in [-0.2, 0) is 31.1 Å². The third-order valence-electron chi connectivity index (χ3n) is 7.45. The Balaban J connectivity index is 2.05. The number of aliphatic carboxylic acids is 2. The molecule has 0 amide bonds. The van der Waals surface area contributed by atoms with Crippen molar-refractivity contribution in [3.8, 4) is 5.75 Å². The van der Waals surface area contributed by atoms with E-state index in [2.05, 4.69) is 18.7 Å². The van der Waals surface area contributed by atoms with E-state index < -0.39 is 42.0 Å². The zero-order valence-electron chi connectivity index (χ0n) is 24.8. The van der Waals surface area contributed by atoms with E-state index in [0.29, 0.717) is 23.5 Å². The molecule has 2 atom stereocenters. The van der Waals surface area contributed by atoms with Gasteiger partial charge in [-0.05, 0) is 44.1 Å². The Hall–Kier alpha value is -4.21. The highest BCUT2D eigenvalue weighted by molar-refractivity contribution is 5.88. The van der Waals surface area contributed by atoms with E-state index in [4.69, 9.17) is 9.47 Å². The number of aliphatic hydroxyl groups is 1. The van der Waals surface area contributed by atoms with E-state index in [0.717, 1.165) is 38.0 Å². The SMILES string of the molecule is CCN(CC)CCCCOc1ccccc1C(Cc1ccccc1)(OC(=O)CC(O)(CC(=O)O)C(=O)O)c1ccccc1. The van der Waals surface area contributed by atoms with Crippen LogP contribution in [0.4, 0.5) is 0 Å². The zero-order valence-corrected chi connectivity index (χ0v) is 24.8. The van der Waals surface area contributed by atoms with E-state index >= 15 is 0 Å². The summed E-state index contributed by atoms with van der Waals surface area (Å²) in [5.41, 5.74) is -2.38. The fraction of sp³-hybridized carbons (Fsp3) is 0.382. The van der Waals surface area contributed by atoms with Gasteiger partial charge < -0.3 is 29.7 Å². The molecular weight excluding hydrogens is 550 g/mol. The minimum absolute atomic E-state index is 0.163. The summed E-state index contributed by atoms with van der Waals surface area (Å²) in [6, 6.07) is 25.6. The summed E-state index contributed by atoms with van der Waals surface area (Å²) in [6.07, 6.45) is -0.309. The van der Waals surface area contributed by atoms with Gasteiger partial charge in [-0.2, -0.15) is 0 Å². The summed E-state index contributed by atoms with van der Waals surface area (Å²) in [4.78, 5) is 39.1. The highest BCUT2D eigenvalue weighted by Crippen LogP contribution is 2.42. The quantitative estimate of drug-likeness (QED) is 0.140. The Labute approximate surface area is 252 Å². The summed E-state index contributed by atoms with van der Waals surface area (Å²) in [6.45, 7) is 7.61. The van der Waals surface area contributed by atoms with Crippen molar-refractivity contribution in [3.05, 3.63) is 102 Å². The number of nitrogens with zero attached hydrogens (tertiary/aromatic N) is 1. The molecule has 0 aliphatic carbocycles. The first kappa shape index (κ1) is 33.3. The van der Waals surface area contributed by atoms with E-state index in [1.807, 2.05) is 42.5 Å². The predicted molar refractivity (Wildman–Crippen MR) is 162 cm³/mol. The van der Waals surface area contributed by atoms with Gasteiger partial charge in [0.25, 0.3) is 0 Å². The molecule has 0 saturated carbocycles. The van der Waals surface area contributed by atoms with Crippen molar-refractivity contribution in [1.29, 1.82) is 0 Å². The summed E-state index contributed by atoms with van der Waals surface area (Å²) in [5, 5.41) is 29.5. The maximum atomic E-state index is 13.5. The van der Waals surface area contributed by atoms with Crippen molar-refractivity contribution in [2.75, 3.05) is 26.2 Å². The smallest absolute Gasteiger partial charge is 0.336 e. The summed E-state index contributed by atoms with van der Waals surface area (Å²) < 4.78 is 12.5. The standard InChI is InChI=1S/C34H41NO8/c1-3-35(4-2)21-13-14-22-42-29-20-12-11-19-28(29)34(27-17-9-6-10-18-27,23-26-15-7-5-8-16-26)43-31(38)25-33(41,32(39)40)24-30(36)37/h5-12,15-20,41H,3-4,13-14,21-25H2,1-2H3,(H,36,37)(H,39,40). The first-order valence-corrected chi connectivity index (χ1v) is 14.6. The lowest BCUT2D eigenvalue weighted by Crippen LogP contribution is -2.45. The Bertz CT molecular complexity index is 1330. The molecule has 0 spiro atoms. The molecule has 0 fully saturated rings. The number of carbonyl (C=O) groups is 3. The molecule has 3 rings (SSSR count). The van der Waals surface area contributed by atoms with Crippen molar-refractivity contribution in [1.82, 2.24) is 4.90 Å². The Morgan fingerprint density at radius 1 is 0.791 bits per heavy atom. The van der Waals surface area contributed by atoms with Crippen molar-refractivity contribution >= 4 is 17.9 Å². The average Bonchev–Trinajstić information content (AvgIpc) is 2.99. The number of carboxylic acids is 2. The van der Waals surface area contributed by atoms with Crippen molar-refractivity contribution in [2.24, 2.45) is 0 Å². The molecule has 0 aliphatic rings. The number of para-hydroxylation sites is 1. The van der Waals surface area contributed by atoms with Gasteiger partial charge in [-0.3, -0.25) is 9.59 Å². The molecule has 0 heterocycles. The van der Waals surface area contributed by atoms with Crippen LogP contribution in [0.5, 0.6) is 5.75 Å². The molecule has 0 saturated heterocycles. The number of carboxylic acid groups (broad SMARTS) is 2. The van der Waals surface area contributed by atoms with Gasteiger partial charge in [-0.15, -0.1) is 0 Å². The van der Waals surface area contributed by atoms with Crippen LogP contribution in [0.25, 0.3) is 0 Å².